The molecule has 6 heteroatoms. The van der Waals surface area contributed by atoms with E-state index < -0.39 is 5.97 Å². The summed E-state index contributed by atoms with van der Waals surface area (Å²) in [5.74, 6) is -1.16. The van der Waals surface area contributed by atoms with E-state index in [9.17, 15) is 9.18 Å². The van der Waals surface area contributed by atoms with E-state index in [1.54, 1.807) is 24.4 Å². The van der Waals surface area contributed by atoms with Crippen molar-refractivity contribution in [2.45, 2.75) is 26.4 Å². The van der Waals surface area contributed by atoms with Crippen LogP contribution in [0.2, 0.25) is 0 Å². The minimum atomic E-state index is -0.859. The summed E-state index contributed by atoms with van der Waals surface area (Å²) in [6.07, 6.45) is 1.68. The number of halogens is 1. The zero-order valence-electron chi connectivity index (χ0n) is 11.9. The second kappa shape index (κ2) is 6.78. The van der Waals surface area contributed by atoms with Gasteiger partial charge >= 0.3 is 5.97 Å². The summed E-state index contributed by atoms with van der Waals surface area (Å²) in [6.45, 7) is 4.37. The third kappa shape index (κ3) is 4.09. The van der Waals surface area contributed by atoms with E-state index in [1.807, 2.05) is 18.7 Å². The number of benzene rings is 1. The van der Waals surface area contributed by atoms with Crippen LogP contribution >= 0.6 is 11.3 Å². The monoisotopic (exact) mass is 308 g/mol. The molecule has 0 aliphatic carbocycles. The third-order valence-electron chi connectivity index (χ3n) is 3.09. The maximum Gasteiger partial charge on any atom is 0.317 e. The summed E-state index contributed by atoms with van der Waals surface area (Å²) >= 11 is 1.39. The predicted octanol–water partition coefficient (Wildman–Crippen LogP) is 3.24. The lowest BCUT2D eigenvalue weighted by Gasteiger charge is -2.23. The van der Waals surface area contributed by atoms with Gasteiger partial charge in [0.15, 0.2) is 0 Å². The van der Waals surface area contributed by atoms with Gasteiger partial charge in [0, 0.05) is 29.2 Å². The fourth-order valence-corrected chi connectivity index (χ4v) is 2.90. The highest BCUT2D eigenvalue weighted by atomic mass is 32.1. The molecule has 0 aliphatic rings. The Kier molecular flexibility index (Phi) is 5.03. The molecule has 0 spiro atoms. The zero-order valence-corrected chi connectivity index (χ0v) is 12.7. The fraction of sp³-hybridized carbons (Fsp3) is 0.333. The number of hydrogen-bond donors (Lipinski definition) is 1. The molecule has 2 rings (SSSR count). The van der Waals surface area contributed by atoms with Crippen LogP contribution in [-0.2, 0) is 11.3 Å². The van der Waals surface area contributed by atoms with Gasteiger partial charge in [-0.3, -0.25) is 9.69 Å². The molecule has 1 N–H and O–H groups in total. The van der Waals surface area contributed by atoms with Gasteiger partial charge in [-0.15, -0.1) is 11.3 Å². The van der Waals surface area contributed by atoms with Crippen LogP contribution in [0.1, 0.15) is 18.7 Å². The Bertz CT molecular complexity index is 628. The third-order valence-corrected chi connectivity index (χ3v) is 4.10. The molecule has 1 heterocycles. The van der Waals surface area contributed by atoms with Gasteiger partial charge in [0.2, 0.25) is 0 Å². The number of thiazole rings is 1. The average Bonchev–Trinajstić information content (AvgIpc) is 2.86. The van der Waals surface area contributed by atoms with Crippen LogP contribution in [0.3, 0.4) is 0 Å². The van der Waals surface area contributed by atoms with Crippen molar-refractivity contribution in [3.8, 4) is 10.6 Å². The summed E-state index contributed by atoms with van der Waals surface area (Å²) in [6, 6.07) is 6.61. The number of aliphatic carboxylic acids is 1. The highest BCUT2D eigenvalue weighted by Gasteiger charge is 2.16. The van der Waals surface area contributed by atoms with Crippen molar-refractivity contribution < 1.29 is 14.3 Å². The molecule has 0 aliphatic heterocycles. The van der Waals surface area contributed by atoms with Crippen molar-refractivity contribution in [3.05, 3.63) is 41.2 Å². The Morgan fingerprint density at radius 3 is 2.76 bits per heavy atom. The highest BCUT2D eigenvalue weighted by molar-refractivity contribution is 7.15. The van der Waals surface area contributed by atoms with Crippen LogP contribution in [0, 0.1) is 5.82 Å². The number of carbonyl (C=O) groups is 1. The van der Waals surface area contributed by atoms with Crippen LogP contribution in [-0.4, -0.2) is 33.5 Å². The maximum absolute atomic E-state index is 13.7. The number of rotatable bonds is 6. The van der Waals surface area contributed by atoms with E-state index in [-0.39, 0.29) is 18.4 Å². The lowest BCUT2D eigenvalue weighted by molar-refractivity contribution is -0.138. The van der Waals surface area contributed by atoms with Crippen molar-refractivity contribution in [1.82, 2.24) is 9.88 Å². The van der Waals surface area contributed by atoms with E-state index in [4.69, 9.17) is 5.11 Å². The van der Waals surface area contributed by atoms with Gasteiger partial charge in [-0.05, 0) is 26.0 Å². The van der Waals surface area contributed by atoms with Crippen molar-refractivity contribution in [2.24, 2.45) is 0 Å². The first kappa shape index (κ1) is 15.6. The Balaban J connectivity index is 2.16. The summed E-state index contributed by atoms with van der Waals surface area (Å²) in [7, 11) is 0. The average molecular weight is 308 g/mol. The summed E-state index contributed by atoms with van der Waals surface area (Å²) in [5, 5.41) is 9.54. The van der Waals surface area contributed by atoms with Gasteiger partial charge in [0.1, 0.15) is 10.8 Å². The van der Waals surface area contributed by atoms with Gasteiger partial charge in [-0.25, -0.2) is 9.37 Å². The summed E-state index contributed by atoms with van der Waals surface area (Å²) in [5.41, 5.74) is 0.475. The zero-order chi connectivity index (χ0) is 15.4. The standard InChI is InChI=1S/C15H17FN2O2S/c1-10(2)18(9-14(19)20)8-11-7-17-15(21-11)12-5-3-4-6-13(12)16/h3-7,10H,8-9H2,1-2H3,(H,19,20). The fourth-order valence-electron chi connectivity index (χ4n) is 1.93. The lowest BCUT2D eigenvalue weighted by Crippen LogP contribution is -2.34. The molecule has 0 radical (unpaired) electrons. The molecule has 0 amide bonds. The van der Waals surface area contributed by atoms with Crippen LogP contribution in [0.4, 0.5) is 4.39 Å². The molecule has 21 heavy (non-hydrogen) atoms. The topological polar surface area (TPSA) is 53.4 Å². The van der Waals surface area contributed by atoms with Gasteiger partial charge in [-0.1, -0.05) is 12.1 Å². The van der Waals surface area contributed by atoms with E-state index in [1.165, 1.54) is 17.4 Å². The highest BCUT2D eigenvalue weighted by Crippen LogP contribution is 2.28. The van der Waals surface area contributed by atoms with Crippen molar-refractivity contribution in [3.63, 3.8) is 0 Å². The molecule has 1 aromatic carbocycles. The number of carboxylic acids is 1. The van der Waals surface area contributed by atoms with Crippen LogP contribution in [0.15, 0.2) is 30.5 Å². The molecule has 0 atom stereocenters. The minimum Gasteiger partial charge on any atom is -0.480 e. The SMILES string of the molecule is CC(C)N(CC(=O)O)Cc1cnc(-c2ccccc2F)s1. The van der Waals surface area contributed by atoms with Gasteiger partial charge in [-0.2, -0.15) is 0 Å². The molecule has 0 saturated heterocycles. The molecule has 1 aromatic heterocycles. The van der Waals surface area contributed by atoms with Crippen LogP contribution < -0.4 is 0 Å². The van der Waals surface area contributed by atoms with Crippen molar-refractivity contribution in [2.75, 3.05) is 6.54 Å². The minimum absolute atomic E-state index is 0.0232. The number of hydrogen-bond acceptors (Lipinski definition) is 4. The second-order valence-corrected chi connectivity index (χ2v) is 6.12. The number of nitrogens with zero attached hydrogens (tertiary/aromatic N) is 2. The normalized spacial score (nSPS) is 11.3. The Labute approximate surface area is 126 Å². The quantitative estimate of drug-likeness (QED) is 0.890. The molecule has 0 unspecified atom stereocenters. The second-order valence-electron chi connectivity index (χ2n) is 5.00. The molecule has 2 aromatic rings. The Morgan fingerprint density at radius 2 is 2.14 bits per heavy atom. The Morgan fingerprint density at radius 1 is 1.43 bits per heavy atom. The first-order valence-electron chi connectivity index (χ1n) is 6.63. The first-order chi connectivity index (χ1) is 9.97. The smallest absolute Gasteiger partial charge is 0.317 e. The molecule has 112 valence electrons. The number of carboxylic acid groups (broad SMARTS) is 1. The molecule has 0 fully saturated rings. The molecular formula is C15H17FN2O2S. The largest absolute Gasteiger partial charge is 0.480 e. The molecule has 0 saturated carbocycles. The summed E-state index contributed by atoms with van der Waals surface area (Å²) < 4.78 is 13.7. The van der Waals surface area contributed by atoms with Gasteiger partial charge in [0.25, 0.3) is 0 Å². The predicted molar refractivity (Wildman–Crippen MR) is 80.7 cm³/mol. The number of aromatic nitrogens is 1. The molecule has 4 nitrogen and oxygen atoms in total. The molecular weight excluding hydrogens is 291 g/mol. The van der Waals surface area contributed by atoms with E-state index in [0.717, 1.165) is 4.88 Å². The van der Waals surface area contributed by atoms with Crippen LogP contribution in [0.5, 0.6) is 0 Å². The van der Waals surface area contributed by atoms with Crippen molar-refractivity contribution >= 4 is 17.3 Å². The van der Waals surface area contributed by atoms with Crippen molar-refractivity contribution in [1.29, 1.82) is 0 Å². The van der Waals surface area contributed by atoms with Gasteiger partial charge in [0.05, 0.1) is 6.54 Å². The van der Waals surface area contributed by atoms with Gasteiger partial charge < -0.3 is 5.11 Å². The van der Waals surface area contributed by atoms with Crippen LogP contribution in [0.25, 0.3) is 10.6 Å². The summed E-state index contributed by atoms with van der Waals surface area (Å²) in [4.78, 5) is 17.9. The Hall–Kier alpha value is -1.79. The van der Waals surface area contributed by atoms with E-state index in [0.29, 0.717) is 17.1 Å². The maximum atomic E-state index is 13.7. The van der Waals surface area contributed by atoms with E-state index >= 15 is 0 Å². The van der Waals surface area contributed by atoms with E-state index in [2.05, 4.69) is 4.98 Å². The molecule has 0 bridgehead atoms. The lowest BCUT2D eigenvalue weighted by atomic mass is 10.2. The first-order valence-corrected chi connectivity index (χ1v) is 7.44.